The molecule has 0 aliphatic carbocycles. The van der Waals surface area contributed by atoms with E-state index < -0.39 is 68.1 Å². The van der Waals surface area contributed by atoms with Gasteiger partial charge in [-0.05, 0) is 36.2 Å². The second-order valence-corrected chi connectivity index (χ2v) is 8.86. The minimum Gasteiger partial charge on any atom is -0.457 e. The van der Waals surface area contributed by atoms with E-state index in [-0.39, 0.29) is 12.8 Å². The molecule has 1 amide bonds. The molecule has 1 heterocycles. The van der Waals surface area contributed by atoms with Crippen LogP contribution in [0.25, 0.3) is 0 Å². The highest BCUT2D eigenvalue weighted by atomic mass is 19.1. The molecule has 0 spiro atoms. The summed E-state index contributed by atoms with van der Waals surface area (Å²) in [6.07, 6.45) is -11.1. The van der Waals surface area contributed by atoms with Crippen molar-refractivity contribution < 1.29 is 48.9 Å². The second-order valence-electron chi connectivity index (χ2n) is 8.86. The summed E-state index contributed by atoms with van der Waals surface area (Å²) in [5.74, 6) is 0.786. The lowest BCUT2D eigenvalue weighted by atomic mass is 10.0. The highest BCUT2D eigenvalue weighted by molar-refractivity contribution is 5.79. The lowest BCUT2D eigenvalue weighted by Gasteiger charge is -2.39. The van der Waals surface area contributed by atoms with E-state index in [1.165, 1.54) is 0 Å². The summed E-state index contributed by atoms with van der Waals surface area (Å²) in [6.45, 7) is 0.457. The maximum absolute atomic E-state index is 14.0. The average Bonchev–Trinajstić information content (AvgIpc) is 2.91. The Morgan fingerprint density at radius 2 is 1.70 bits per heavy atom. The van der Waals surface area contributed by atoms with Gasteiger partial charge < -0.3 is 45.1 Å². The first-order valence-corrected chi connectivity index (χ1v) is 12.1. The van der Waals surface area contributed by atoms with E-state index in [1.54, 1.807) is 31.2 Å². The van der Waals surface area contributed by atoms with Crippen LogP contribution in [0.4, 0.5) is 4.39 Å². The summed E-state index contributed by atoms with van der Waals surface area (Å²) >= 11 is 0. The van der Waals surface area contributed by atoms with Crippen molar-refractivity contribution >= 4 is 5.91 Å². The maximum Gasteiger partial charge on any atom is 0.224 e. The molecule has 2 unspecified atom stereocenters. The number of rotatable bonds is 12. The van der Waals surface area contributed by atoms with Crippen LogP contribution in [0.5, 0.6) is 11.5 Å². The summed E-state index contributed by atoms with van der Waals surface area (Å²) in [6, 6.07) is 15.0. The molecular weight excluding hydrogens is 489 g/mol. The van der Waals surface area contributed by atoms with Crippen molar-refractivity contribution in [2.45, 2.75) is 68.8 Å². The van der Waals surface area contributed by atoms with Crippen LogP contribution in [0.15, 0.2) is 54.6 Å². The summed E-state index contributed by atoms with van der Waals surface area (Å²) in [7, 11) is 0. The normalized spacial score (nSPS) is 26.2. The van der Waals surface area contributed by atoms with Crippen molar-refractivity contribution in [1.82, 2.24) is 5.32 Å². The van der Waals surface area contributed by atoms with Crippen LogP contribution < -0.4 is 10.1 Å². The van der Waals surface area contributed by atoms with Gasteiger partial charge in [0.15, 0.2) is 12.5 Å². The lowest BCUT2D eigenvalue weighted by molar-refractivity contribution is -0.293. The molecule has 3 rings (SSSR count). The molecule has 0 aromatic heterocycles. The number of para-hydroxylation sites is 1. The molecular formula is C26H34FNO9. The Balaban J connectivity index is 1.60. The summed E-state index contributed by atoms with van der Waals surface area (Å²) in [4.78, 5) is 12.7. The van der Waals surface area contributed by atoms with E-state index in [4.69, 9.17) is 14.2 Å². The van der Waals surface area contributed by atoms with Crippen molar-refractivity contribution in [2.75, 3.05) is 13.2 Å². The van der Waals surface area contributed by atoms with Gasteiger partial charge in [0.05, 0.1) is 31.8 Å². The predicted octanol–water partition coefficient (Wildman–Crippen LogP) is 0.432. The van der Waals surface area contributed by atoms with Gasteiger partial charge in [-0.3, -0.25) is 4.79 Å². The van der Waals surface area contributed by atoms with Crippen molar-refractivity contribution in [3.05, 3.63) is 60.2 Å². The topological polar surface area (TPSA) is 158 Å². The number of alkyl halides is 1. The van der Waals surface area contributed by atoms with Crippen molar-refractivity contribution in [1.29, 1.82) is 0 Å². The summed E-state index contributed by atoms with van der Waals surface area (Å²) < 4.78 is 30.3. The lowest BCUT2D eigenvalue weighted by Crippen LogP contribution is -2.59. The van der Waals surface area contributed by atoms with Crippen molar-refractivity contribution in [3.63, 3.8) is 0 Å². The number of aliphatic hydroxyl groups is 5. The third-order valence-corrected chi connectivity index (χ3v) is 6.08. The third kappa shape index (κ3) is 7.92. The first kappa shape index (κ1) is 28.9. The van der Waals surface area contributed by atoms with Crippen LogP contribution in [-0.2, 0) is 20.7 Å². The van der Waals surface area contributed by atoms with Crippen molar-refractivity contribution in [2.24, 2.45) is 0 Å². The van der Waals surface area contributed by atoms with Gasteiger partial charge in [0, 0.05) is 0 Å². The fraction of sp³-hybridized carbons (Fsp3) is 0.500. The molecule has 0 radical (unpaired) electrons. The highest BCUT2D eigenvalue weighted by Gasteiger charge is 2.45. The van der Waals surface area contributed by atoms with Gasteiger partial charge >= 0.3 is 0 Å². The molecule has 0 saturated carbocycles. The monoisotopic (exact) mass is 523 g/mol. The zero-order valence-corrected chi connectivity index (χ0v) is 20.4. The Labute approximate surface area is 214 Å². The number of hydrogen-bond acceptors (Lipinski definition) is 9. The van der Waals surface area contributed by atoms with Gasteiger partial charge in [-0.1, -0.05) is 37.3 Å². The van der Waals surface area contributed by atoms with Gasteiger partial charge in [0.1, 0.15) is 35.9 Å². The van der Waals surface area contributed by atoms with Gasteiger partial charge in [-0.15, -0.1) is 0 Å². The number of halogens is 1. The number of carbonyl (C=O) groups excluding carboxylic acids is 1. The van der Waals surface area contributed by atoms with Gasteiger partial charge in [0.25, 0.3) is 0 Å². The Bertz CT molecular complexity index is 962. The Hall–Kier alpha value is -2.64. The molecule has 2 aromatic rings. The van der Waals surface area contributed by atoms with Gasteiger partial charge in [-0.25, -0.2) is 4.39 Å². The molecule has 6 N–H and O–H groups in total. The number of amides is 1. The molecule has 1 saturated heterocycles. The molecule has 1 aliphatic rings. The average molecular weight is 524 g/mol. The number of ether oxygens (including phenoxy) is 3. The fourth-order valence-electron chi connectivity index (χ4n) is 3.86. The third-order valence-electron chi connectivity index (χ3n) is 6.08. The van der Waals surface area contributed by atoms with Crippen LogP contribution in [0.1, 0.15) is 18.9 Å². The highest BCUT2D eigenvalue weighted by Crippen LogP contribution is 2.25. The Morgan fingerprint density at radius 1 is 1.05 bits per heavy atom. The summed E-state index contributed by atoms with van der Waals surface area (Å²) in [5.41, 5.74) is 0.664. The van der Waals surface area contributed by atoms with E-state index >= 15 is 0 Å². The molecule has 1 fully saturated rings. The standard InChI is InChI=1S/C26H34FNO9/c1-2-19(30)23(32)18(14-35-26-25(34)24(33)22(27)20(13-29)37-26)28-21(31)12-15-8-10-17(11-9-15)36-16-6-4-3-5-7-16/h3-11,18-20,22-26,29-30,32-34H,2,12-14H2,1H3,(H,28,31)/t18-,19+,20?,22+,23-,24-,25?,26-/m0/s1. The SMILES string of the molecule is CC[C@@H](O)[C@@H](O)[C@H](CO[C@H]1OC(CO)[C@@H](F)[C@H](O)C1O)NC(=O)Cc1ccc(Oc2ccccc2)cc1. The van der Waals surface area contributed by atoms with E-state index in [1.807, 2.05) is 30.3 Å². The van der Waals surface area contributed by atoms with Crippen LogP contribution in [-0.4, -0.2) is 93.7 Å². The predicted molar refractivity (Wildman–Crippen MR) is 130 cm³/mol. The molecule has 2 aromatic carbocycles. The second kappa shape index (κ2) is 13.8. The molecule has 1 aliphatic heterocycles. The van der Waals surface area contributed by atoms with Crippen LogP contribution in [0.2, 0.25) is 0 Å². The number of benzene rings is 2. The zero-order chi connectivity index (χ0) is 26.9. The largest absolute Gasteiger partial charge is 0.457 e. The number of carbonyl (C=O) groups is 1. The molecule has 0 bridgehead atoms. The maximum atomic E-state index is 14.0. The molecule has 10 nitrogen and oxygen atoms in total. The van der Waals surface area contributed by atoms with Crippen LogP contribution in [0, 0.1) is 0 Å². The Morgan fingerprint density at radius 3 is 2.32 bits per heavy atom. The fourth-order valence-corrected chi connectivity index (χ4v) is 3.86. The van der Waals surface area contributed by atoms with E-state index in [2.05, 4.69) is 5.32 Å². The summed E-state index contributed by atoms with van der Waals surface area (Å²) in [5, 5.41) is 52.5. The van der Waals surface area contributed by atoms with E-state index in [9.17, 15) is 34.7 Å². The van der Waals surface area contributed by atoms with Gasteiger partial charge in [-0.2, -0.15) is 0 Å². The molecule has 204 valence electrons. The van der Waals surface area contributed by atoms with E-state index in [0.717, 1.165) is 0 Å². The zero-order valence-electron chi connectivity index (χ0n) is 20.4. The van der Waals surface area contributed by atoms with Crippen molar-refractivity contribution in [3.8, 4) is 11.5 Å². The molecule has 8 atom stereocenters. The minimum absolute atomic E-state index is 0.0472. The van der Waals surface area contributed by atoms with Gasteiger partial charge in [0.2, 0.25) is 5.91 Å². The first-order chi connectivity index (χ1) is 17.7. The Kier molecular flexibility index (Phi) is 10.8. The molecule has 37 heavy (non-hydrogen) atoms. The minimum atomic E-state index is -2.02. The quantitative estimate of drug-likeness (QED) is 0.232. The number of aliphatic hydroxyl groups excluding tert-OH is 5. The number of nitrogens with one attached hydrogen (secondary N) is 1. The van der Waals surface area contributed by atoms with Crippen LogP contribution >= 0.6 is 0 Å². The first-order valence-electron chi connectivity index (χ1n) is 12.1. The smallest absolute Gasteiger partial charge is 0.224 e. The van der Waals surface area contributed by atoms with Crippen LogP contribution in [0.3, 0.4) is 0 Å². The molecule has 11 heteroatoms. The van der Waals surface area contributed by atoms with E-state index in [0.29, 0.717) is 17.1 Å². The number of hydrogen-bond donors (Lipinski definition) is 6.